The predicted octanol–water partition coefficient (Wildman–Crippen LogP) is 1.92. The summed E-state index contributed by atoms with van der Waals surface area (Å²) in [5.74, 6) is 1.20. The summed E-state index contributed by atoms with van der Waals surface area (Å²) in [7, 11) is 1.58. The molecule has 0 spiro atoms. The van der Waals surface area contributed by atoms with E-state index in [-0.39, 0.29) is 0 Å². The lowest BCUT2D eigenvalue weighted by Gasteiger charge is -2.06. The Hall–Kier alpha value is -1.82. The zero-order valence-corrected chi connectivity index (χ0v) is 8.82. The minimum atomic E-state index is 0.454. The fourth-order valence-corrected chi connectivity index (χ4v) is 1.45. The van der Waals surface area contributed by atoms with Gasteiger partial charge < -0.3 is 15.2 Å². The van der Waals surface area contributed by atoms with Gasteiger partial charge in [-0.25, -0.2) is 0 Å². The van der Waals surface area contributed by atoms with Gasteiger partial charge in [0, 0.05) is 6.07 Å². The zero-order chi connectivity index (χ0) is 10.7. The SMILES string of the molecule is COc1ccc(N)c(Oc2nncs2)c1. The molecule has 0 aliphatic rings. The molecule has 0 fully saturated rings. The molecule has 6 heteroatoms. The Kier molecular flexibility index (Phi) is 2.68. The monoisotopic (exact) mass is 223 g/mol. The van der Waals surface area contributed by atoms with Gasteiger partial charge in [0.1, 0.15) is 11.3 Å². The number of nitrogens with zero attached hydrogens (tertiary/aromatic N) is 2. The lowest BCUT2D eigenvalue weighted by molar-refractivity contribution is 0.409. The predicted molar refractivity (Wildman–Crippen MR) is 57.4 cm³/mol. The summed E-state index contributed by atoms with van der Waals surface area (Å²) in [4.78, 5) is 0. The van der Waals surface area contributed by atoms with E-state index in [9.17, 15) is 0 Å². The van der Waals surface area contributed by atoms with Crippen molar-refractivity contribution in [3.63, 3.8) is 0 Å². The van der Waals surface area contributed by atoms with E-state index in [0.717, 1.165) is 0 Å². The Balaban J connectivity index is 2.27. The molecule has 15 heavy (non-hydrogen) atoms. The highest BCUT2D eigenvalue weighted by molar-refractivity contribution is 7.11. The molecule has 0 aliphatic heterocycles. The molecule has 0 bridgehead atoms. The van der Waals surface area contributed by atoms with Gasteiger partial charge in [-0.3, -0.25) is 0 Å². The van der Waals surface area contributed by atoms with E-state index in [1.165, 1.54) is 11.3 Å². The normalized spacial score (nSPS) is 9.93. The van der Waals surface area contributed by atoms with Gasteiger partial charge in [0.15, 0.2) is 5.75 Å². The standard InChI is InChI=1S/C9H9N3O2S/c1-13-6-2-3-7(10)8(4-6)14-9-12-11-5-15-9/h2-5H,10H2,1H3. The fraction of sp³-hybridized carbons (Fsp3) is 0.111. The van der Waals surface area contributed by atoms with E-state index in [1.807, 2.05) is 0 Å². The van der Waals surface area contributed by atoms with Crippen LogP contribution in [-0.4, -0.2) is 17.3 Å². The molecule has 0 radical (unpaired) electrons. The number of aromatic nitrogens is 2. The van der Waals surface area contributed by atoms with Gasteiger partial charge in [0.25, 0.3) is 5.19 Å². The van der Waals surface area contributed by atoms with Crippen LogP contribution in [0.1, 0.15) is 0 Å². The first kappa shape index (κ1) is 9.72. The Morgan fingerprint density at radius 3 is 2.93 bits per heavy atom. The molecule has 2 aromatic rings. The average molecular weight is 223 g/mol. The Morgan fingerprint density at radius 2 is 2.27 bits per heavy atom. The van der Waals surface area contributed by atoms with Crippen molar-refractivity contribution in [3.8, 4) is 16.7 Å². The molecule has 78 valence electrons. The number of rotatable bonds is 3. The largest absolute Gasteiger partial charge is 0.497 e. The van der Waals surface area contributed by atoms with Crippen LogP contribution in [0.15, 0.2) is 23.7 Å². The maximum Gasteiger partial charge on any atom is 0.299 e. The highest BCUT2D eigenvalue weighted by Crippen LogP contribution is 2.31. The molecule has 0 aliphatic carbocycles. The number of hydrogen-bond donors (Lipinski definition) is 1. The van der Waals surface area contributed by atoms with E-state index >= 15 is 0 Å². The zero-order valence-electron chi connectivity index (χ0n) is 8.01. The van der Waals surface area contributed by atoms with Crippen molar-refractivity contribution in [2.24, 2.45) is 0 Å². The summed E-state index contributed by atoms with van der Waals surface area (Å²) in [5, 5.41) is 7.87. The molecule has 2 rings (SSSR count). The van der Waals surface area contributed by atoms with Crippen molar-refractivity contribution in [1.29, 1.82) is 0 Å². The highest BCUT2D eigenvalue weighted by atomic mass is 32.1. The summed E-state index contributed by atoms with van der Waals surface area (Å²) in [6.07, 6.45) is 0. The highest BCUT2D eigenvalue weighted by Gasteiger charge is 2.06. The van der Waals surface area contributed by atoms with E-state index in [0.29, 0.717) is 22.4 Å². The van der Waals surface area contributed by atoms with Gasteiger partial charge in [-0.2, -0.15) is 0 Å². The number of methoxy groups -OCH3 is 1. The van der Waals surface area contributed by atoms with Crippen LogP contribution in [0.5, 0.6) is 16.7 Å². The van der Waals surface area contributed by atoms with Crippen LogP contribution in [0.2, 0.25) is 0 Å². The second kappa shape index (κ2) is 4.14. The van der Waals surface area contributed by atoms with Crippen LogP contribution < -0.4 is 15.2 Å². The molecule has 5 nitrogen and oxygen atoms in total. The van der Waals surface area contributed by atoms with Crippen molar-refractivity contribution in [2.75, 3.05) is 12.8 Å². The van der Waals surface area contributed by atoms with Crippen LogP contribution in [0.25, 0.3) is 0 Å². The summed E-state index contributed by atoms with van der Waals surface area (Å²) < 4.78 is 10.5. The molecule has 0 saturated carbocycles. The van der Waals surface area contributed by atoms with Gasteiger partial charge in [0.05, 0.1) is 12.8 Å². The van der Waals surface area contributed by atoms with Crippen LogP contribution in [0.3, 0.4) is 0 Å². The molecular weight excluding hydrogens is 214 g/mol. The van der Waals surface area contributed by atoms with E-state index in [2.05, 4.69) is 10.2 Å². The molecule has 1 aromatic heterocycles. The number of hydrogen-bond acceptors (Lipinski definition) is 6. The summed E-state index contributed by atoms with van der Waals surface area (Å²) in [6, 6.07) is 5.19. The topological polar surface area (TPSA) is 70.3 Å². The molecule has 0 saturated heterocycles. The molecule has 2 N–H and O–H groups in total. The Labute approximate surface area is 90.5 Å². The van der Waals surface area contributed by atoms with Crippen LogP contribution in [-0.2, 0) is 0 Å². The molecule has 1 aromatic carbocycles. The number of ether oxygens (including phenoxy) is 2. The third kappa shape index (κ3) is 2.16. The maximum atomic E-state index is 5.74. The molecule has 0 atom stereocenters. The molecule has 0 unspecified atom stereocenters. The molecule has 1 heterocycles. The quantitative estimate of drug-likeness (QED) is 0.805. The van der Waals surface area contributed by atoms with Crippen molar-refractivity contribution >= 4 is 17.0 Å². The summed E-state index contributed by atoms with van der Waals surface area (Å²) in [6.45, 7) is 0. The lowest BCUT2D eigenvalue weighted by Crippen LogP contribution is -1.93. The number of benzene rings is 1. The van der Waals surface area contributed by atoms with Crippen LogP contribution in [0.4, 0.5) is 5.69 Å². The van der Waals surface area contributed by atoms with Gasteiger partial charge in [-0.15, -0.1) is 5.10 Å². The van der Waals surface area contributed by atoms with Gasteiger partial charge >= 0.3 is 0 Å². The first-order valence-electron chi connectivity index (χ1n) is 4.17. The Bertz CT molecular complexity index is 445. The summed E-state index contributed by atoms with van der Waals surface area (Å²) >= 11 is 1.30. The lowest BCUT2D eigenvalue weighted by atomic mass is 10.3. The maximum absolute atomic E-state index is 5.74. The van der Waals surface area contributed by atoms with E-state index in [1.54, 1.807) is 30.8 Å². The summed E-state index contributed by atoms with van der Waals surface area (Å²) in [5.41, 5.74) is 7.86. The van der Waals surface area contributed by atoms with E-state index < -0.39 is 0 Å². The number of nitrogens with two attached hydrogens (primary N) is 1. The average Bonchev–Trinajstić information content (AvgIpc) is 2.74. The minimum absolute atomic E-state index is 0.454. The van der Waals surface area contributed by atoms with Gasteiger partial charge in [0.2, 0.25) is 0 Å². The van der Waals surface area contributed by atoms with Crippen LogP contribution >= 0.6 is 11.3 Å². The van der Waals surface area contributed by atoms with Gasteiger partial charge in [-0.05, 0) is 12.1 Å². The van der Waals surface area contributed by atoms with Crippen molar-refractivity contribution in [3.05, 3.63) is 23.7 Å². The molecule has 0 amide bonds. The van der Waals surface area contributed by atoms with E-state index in [4.69, 9.17) is 15.2 Å². The second-order valence-corrected chi connectivity index (χ2v) is 3.51. The number of nitrogen functional groups attached to an aromatic ring is 1. The third-order valence-corrected chi connectivity index (χ3v) is 2.32. The second-order valence-electron chi connectivity index (χ2n) is 2.71. The minimum Gasteiger partial charge on any atom is -0.497 e. The Morgan fingerprint density at radius 1 is 1.40 bits per heavy atom. The van der Waals surface area contributed by atoms with Crippen molar-refractivity contribution in [1.82, 2.24) is 10.2 Å². The number of anilines is 1. The third-order valence-electron chi connectivity index (χ3n) is 1.76. The smallest absolute Gasteiger partial charge is 0.299 e. The first-order chi connectivity index (χ1) is 7.29. The van der Waals surface area contributed by atoms with Gasteiger partial charge in [-0.1, -0.05) is 16.4 Å². The van der Waals surface area contributed by atoms with Crippen LogP contribution in [0, 0.1) is 0 Å². The fourth-order valence-electron chi connectivity index (χ4n) is 1.03. The first-order valence-corrected chi connectivity index (χ1v) is 5.05. The van der Waals surface area contributed by atoms with Crippen molar-refractivity contribution in [2.45, 2.75) is 0 Å². The van der Waals surface area contributed by atoms with Crippen molar-refractivity contribution < 1.29 is 9.47 Å². The molecular formula is C9H9N3O2S.